The van der Waals surface area contributed by atoms with Gasteiger partial charge in [-0.3, -0.25) is 4.90 Å². The molecule has 0 spiro atoms. The van der Waals surface area contributed by atoms with E-state index >= 15 is 0 Å². The number of morpholine rings is 1. The Labute approximate surface area is 130 Å². The van der Waals surface area contributed by atoms with Gasteiger partial charge in [0.2, 0.25) is 0 Å². The molecule has 1 aliphatic heterocycles. The van der Waals surface area contributed by atoms with Crippen LogP contribution >= 0.6 is 11.3 Å². The van der Waals surface area contributed by atoms with Gasteiger partial charge >= 0.3 is 0 Å². The van der Waals surface area contributed by atoms with Crippen LogP contribution in [0.1, 0.15) is 18.9 Å². The van der Waals surface area contributed by atoms with Gasteiger partial charge in [-0.1, -0.05) is 25.1 Å². The highest BCUT2D eigenvalue weighted by atomic mass is 32.1. The number of rotatable bonds is 5. The first-order valence-corrected chi connectivity index (χ1v) is 8.70. The molecule has 114 valence electrons. The minimum atomic E-state index is 0.0719. The topological polar surface area (TPSA) is 38.5 Å². The third-order valence-corrected chi connectivity index (χ3v) is 5.22. The zero-order chi connectivity index (χ0) is 14.7. The van der Waals surface area contributed by atoms with Crippen molar-refractivity contribution >= 4 is 21.4 Å². The van der Waals surface area contributed by atoms with Gasteiger partial charge in [-0.15, -0.1) is 11.3 Å². The first-order chi connectivity index (χ1) is 10.3. The Hall–Kier alpha value is -0.940. The van der Waals surface area contributed by atoms with Crippen LogP contribution in [0.3, 0.4) is 0 Å². The molecule has 3 nitrogen and oxygen atoms in total. The van der Waals surface area contributed by atoms with Crippen molar-refractivity contribution in [3.05, 3.63) is 35.2 Å². The second-order valence-corrected chi connectivity index (χ2v) is 6.75. The lowest BCUT2D eigenvalue weighted by atomic mass is 10.0. The summed E-state index contributed by atoms with van der Waals surface area (Å²) in [6.07, 6.45) is 2.25. The van der Waals surface area contributed by atoms with Gasteiger partial charge in [0.1, 0.15) is 0 Å². The van der Waals surface area contributed by atoms with Crippen LogP contribution in [0.2, 0.25) is 0 Å². The van der Waals surface area contributed by atoms with Gasteiger partial charge in [-0.05, 0) is 41.8 Å². The minimum Gasteiger partial charge on any atom is -0.374 e. The van der Waals surface area contributed by atoms with Crippen LogP contribution in [0.4, 0.5) is 0 Å². The molecular weight excluding hydrogens is 280 g/mol. The zero-order valence-electron chi connectivity index (χ0n) is 12.6. The van der Waals surface area contributed by atoms with E-state index in [2.05, 4.69) is 41.5 Å². The molecule has 2 unspecified atom stereocenters. The summed E-state index contributed by atoms with van der Waals surface area (Å²) in [6.45, 7) is 6.19. The Bertz CT molecular complexity index is 581. The van der Waals surface area contributed by atoms with Gasteiger partial charge in [0, 0.05) is 23.8 Å². The second kappa shape index (κ2) is 6.88. The maximum Gasteiger partial charge on any atom is 0.0856 e. The molecule has 1 aromatic carbocycles. The van der Waals surface area contributed by atoms with Crippen molar-refractivity contribution in [3.8, 4) is 0 Å². The number of nitrogens with two attached hydrogens (primary N) is 1. The van der Waals surface area contributed by atoms with E-state index < -0.39 is 0 Å². The summed E-state index contributed by atoms with van der Waals surface area (Å²) < 4.78 is 7.26. The van der Waals surface area contributed by atoms with Crippen LogP contribution in [0.5, 0.6) is 0 Å². The van der Waals surface area contributed by atoms with Gasteiger partial charge in [-0.25, -0.2) is 0 Å². The first-order valence-electron chi connectivity index (χ1n) is 7.82. The lowest BCUT2D eigenvalue weighted by Gasteiger charge is -2.35. The largest absolute Gasteiger partial charge is 0.374 e. The molecule has 0 radical (unpaired) electrons. The Morgan fingerprint density at radius 2 is 2.29 bits per heavy atom. The Balaban J connectivity index is 1.66. The predicted octanol–water partition coefficient (Wildman–Crippen LogP) is 2.88. The molecule has 2 aromatic rings. The lowest BCUT2D eigenvalue weighted by molar-refractivity contribution is -0.0400. The van der Waals surface area contributed by atoms with Gasteiger partial charge < -0.3 is 10.5 Å². The Morgan fingerprint density at radius 1 is 1.43 bits per heavy atom. The van der Waals surface area contributed by atoms with E-state index in [4.69, 9.17) is 10.5 Å². The maximum absolute atomic E-state index is 6.44. The van der Waals surface area contributed by atoms with Gasteiger partial charge in [0.15, 0.2) is 0 Å². The first kappa shape index (κ1) is 15.0. The normalized spacial score (nSPS) is 21.7. The molecule has 1 fully saturated rings. The molecule has 1 aromatic heterocycles. The van der Waals surface area contributed by atoms with E-state index in [9.17, 15) is 0 Å². The fourth-order valence-corrected chi connectivity index (χ4v) is 4.06. The van der Waals surface area contributed by atoms with Gasteiger partial charge in [-0.2, -0.15) is 0 Å². The summed E-state index contributed by atoms with van der Waals surface area (Å²) >= 11 is 1.80. The average molecular weight is 304 g/mol. The predicted molar refractivity (Wildman–Crippen MR) is 90.0 cm³/mol. The Kier molecular flexibility index (Phi) is 4.91. The maximum atomic E-state index is 6.44. The molecule has 3 rings (SSSR count). The van der Waals surface area contributed by atoms with E-state index in [1.54, 1.807) is 11.3 Å². The minimum absolute atomic E-state index is 0.0719. The van der Waals surface area contributed by atoms with Crippen LogP contribution in [0.15, 0.2) is 29.6 Å². The summed E-state index contributed by atoms with van der Waals surface area (Å²) in [6, 6.07) is 8.64. The molecule has 2 N–H and O–H groups in total. The smallest absolute Gasteiger partial charge is 0.0856 e. The zero-order valence-corrected chi connectivity index (χ0v) is 13.4. The van der Waals surface area contributed by atoms with Gasteiger partial charge in [0.05, 0.1) is 12.7 Å². The molecule has 1 aliphatic rings. The molecule has 4 heteroatoms. The van der Waals surface area contributed by atoms with Crippen molar-refractivity contribution < 1.29 is 4.74 Å². The van der Waals surface area contributed by atoms with Crippen molar-refractivity contribution in [1.82, 2.24) is 4.90 Å². The van der Waals surface area contributed by atoms with Crippen molar-refractivity contribution in [2.24, 2.45) is 5.73 Å². The molecular formula is C17H24N2OS. The van der Waals surface area contributed by atoms with E-state index in [1.807, 2.05) is 0 Å². The summed E-state index contributed by atoms with van der Waals surface area (Å²) in [7, 11) is 0. The molecule has 2 heterocycles. The summed E-state index contributed by atoms with van der Waals surface area (Å²) in [5.74, 6) is 0. The van der Waals surface area contributed by atoms with Crippen molar-refractivity contribution in [1.29, 1.82) is 0 Å². The third kappa shape index (κ3) is 3.46. The average Bonchev–Trinajstić information content (AvgIpc) is 2.91. The van der Waals surface area contributed by atoms with Crippen LogP contribution in [0, 0.1) is 0 Å². The number of hydrogen-bond acceptors (Lipinski definition) is 4. The number of thiophene rings is 1. The highest BCUT2D eigenvalue weighted by Crippen LogP contribution is 2.27. The fraction of sp³-hybridized carbons (Fsp3) is 0.529. The van der Waals surface area contributed by atoms with Crippen LogP contribution in [0.25, 0.3) is 10.1 Å². The van der Waals surface area contributed by atoms with Crippen LogP contribution in [-0.4, -0.2) is 43.3 Å². The fourth-order valence-electron chi connectivity index (χ4n) is 3.09. The summed E-state index contributed by atoms with van der Waals surface area (Å²) in [4.78, 5) is 2.47. The molecule has 1 saturated heterocycles. The van der Waals surface area contributed by atoms with Crippen molar-refractivity contribution in [3.63, 3.8) is 0 Å². The number of benzene rings is 1. The highest BCUT2D eigenvalue weighted by molar-refractivity contribution is 7.17. The third-order valence-electron chi connectivity index (χ3n) is 4.21. The number of hydrogen-bond donors (Lipinski definition) is 1. The molecule has 0 aliphatic carbocycles. The molecule has 21 heavy (non-hydrogen) atoms. The lowest BCUT2D eigenvalue weighted by Crippen LogP contribution is -2.51. The number of fused-ring (bicyclic) bond motifs is 1. The summed E-state index contributed by atoms with van der Waals surface area (Å²) in [5.41, 5.74) is 7.80. The van der Waals surface area contributed by atoms with Gasteiger partial charge in [0.25, 0.3) is 0 Å². The van der Waals surface area contributed by atoms with E-state index in [1.165, 1.54) is 22.1 Å². The van der Waals surface area contributed by atoms with Crippen LogP contribution < -0.4 is 5.73 Å². The summed E-state index contributed by atoms with van der Waals surface area (Å²) in [5, 5.41) is 3.59. The van der Waals surface area contributed by atoms with E-state index in [0.717, 1.165) is 32.7 Å². The van der Waals surface area contributed by atoms with Crippen molar-refractivity contribution in [2.75, 3.05) is 26.2 Å². The van der Waals surface area contributed by atoms with E-state index in [0.29, 0.717) is 0 Å². The SMILES string of the molecule is CCCN1CCOC(C(N)Cc2csc3ccccc23)C1. The van der Waals surface area contributed by atoms with Crippen LogP contribution in [-0.2, 0) is 11.2 Å². The quantitative estimate of drug-likeness (QED) is 0.923. The molecule has 2 atom stereocenters. The molecule has 0 saturated carbocycles. The monoisotopic (exact) mass is 304 g/mol. The molecule has 0 amide bonds. The molecule has 0 bridgehead atoms. The van der Waals surface area contributed by atoms with Crippen molar-refractivity contribution in [2.45, 2.75) is 31.9 Å². The standard InChI is InChI=1S/C17H24N2OS/c1-2-7-19-8-9-20-16(11-19)15(18)10-13-12-21-17-6-4-3-5-14(13)17/h3-6,12,15-16H,2,7-11,18H2,1H3. The highest BCUT2D eigenvalue weighted by Gasteiger charge is 2.26. The number of ether oxygens (including phenoxy) is 1. The second-order valence-electron chi connectivity index (χ2n) is 5.83. The Morgan fingerprint density at radius 3 is 3.14 bits per heavy atom. The van der Waals surface area contributed by atoms with E-state index in [-0.39, 0.29) is 12.1 Å². The number of nitrogens with zero attached hydrogens (tertiary/aromatic N) is 1.